The molecule has 1 atom stereocenters. The molecule has 4 nitrogen and oxygen atoms in total. The van der Waals surface area contributed by atoms with E-state index in [0.717, 1.165) is 17.7 Å². The average molecular weight is 293 g/mol. The molecule has 20 heavy (non-hydrogen) atoms. The molecule has 2 aliphatic carbocycles. The fourth-order valence-electron chi connectivity index (χ4n) is 3.01. The largest absolute Gasteiger partial charge is 0.481 e. The Morgan fingerprint density at radius 3 is 2.85 bits per heavy atom. The molecule has 1 aromatic rings. The van der Waals surface area contributed by atoms with Crippen molar-refractivity contribution in [2.75, 3.05) is 0 Å². The van der Waals surface area contributed by atoms with Crippen LogP contribution in [0.4, 0.5) is 0 Å². The van der Waals surface area contributed by atoms with Gasteiger partial charge >= 0.3 is 5.97 Å². The van der Waals surface area contributed by atoms with Gasteiger partial charge in [-0.2, -0.15) is 0 Å². The molecule has 1 saturated carbocycles. The predicted octanol–water partition coefficient (Wildman–Crippen LogP) is 2.47. The minimum absolute atomic E-state index is 0.0293. The third kappa shape index (κ3) is 2.59. The van der Waals surface area contributed by atoms with Crippen LogP contribution in [0.3, 0.4) is 0 Å². The SMILES string of the molecule is CC1CCc2sc(C(=O)NC3CC(C(=O)O)C3)cc2C1. The zero-order chi connectivity index (χ0) is 14.3. The lowest BCUT2D eigenvalue weighted by atomic mass is 9.80. The van der Waals surface area contributed by atoms with Gasteiger partial charge < -0.3 is 10.4 Å². The number of aryl methyl sites for hydroxylation is 1. The van der Waals surface area contributed by atoms with E-state index in [1.807, 2.05) is 6.07 Å². The van der Waals surface area contributed by atoms with Crippen molar-refractivity contribution < 1.29 is 14.7 Å². The van der Waals surface area contributed by atoms with E-state index in [1.54, 1.807) is 11.3 Å². The van der Waals surface area contributed by atoms with Crippen LogP contribution >= 0.6 is 11.3 Å². The van der Waals surface area contributed by atoms with Crippen molar-refractivity contribution in [3.63, 3.8) is 0 Å². The molecule has 1 aromatic heterocycles. The highest BCUT2D eigenvalue weighted by atomic mass is 32.1. The number of carboxylic acids is 1. The van der Waals surface area contributed by atoms with Crippen molar-refractivity contribution in [3.05, 3.63) is 21.4 Å². The van der Waals surface area contributed by atoms with Crippen LogP contribution in [0.2, 0.25) is 0 Å². The van der Waals surface area contributed by atoms with Crippen molar-refractivity contribution in [3.8, 4) is 0 Å². The van der Waals surface area contributed by atoms with Gasteiger partial charge in [-0.05, 0) is 49.7 Å². The number of hydrogen-bond donors (Lipinski definition) is 2. The summed E-state index contributed by atoms with van der Waals surface area (Å²) in [7, 11) is 0. The van der Waals surface area contributed by atoms with E-state index in [9.17, 15) is 9.59 Å². The summed E-state index contributed by atoms with van der Waals surface area (Å²) in [6.07, 6.45) is 4.48. The Hall–Kier alpha value is -1.36. The zero-order valence-electron chi connectivity index (χ0n) is 11.5. The maximum Gasteiger partial charge on any atom is 0.306 e. The Morgan fingerprint density at radius 1 is 1.40 bits per heavy atom. The first-order valence-electron chi connectivity index (χ1n) is 7.18. The number of thiophene rings is 1. The van der Waals surface area contributed by atoms with E-state index in [1.165, 1.54) is 16.9 Å². The molecule has 0 aromatic carbocycles. The Labute approximate surface area is 122 Å². The lowest BCUT2D eigenvalue weighted by molar-refractivity contribution is -0.145. The summed E-state index contributed by atoms with van der Waals surface area (Å²) in [5.41, 5.74) is 1.33. The molecular weight excluding hydrogens is 274 g/mol. The highest BCUT2D eigenvalue weighted by molar-refractivity contribution is 7.14. The van der Waals surface area contributed by atoms with Crippen LogP contribution in [-0.2, 0) is 17.6 Å². The predicted molar refractivity (Wildman–Crippen MR) is 77.1 cm³/mol. The second-order valence-corrected chi connectivity index (χ2v) is 7.22. The number of carbonyl (C=O) groups is 2. The van der Waals surface area contributed by atoms with Crippen molar-refractivity contribution >= 4 is 23.2 Å². The molecular formula is C15H19NO3S. The van der Waals surface area contributed by atoms with Crippen LogP contribution < -0.4 is 5.32 Å². The van der Waals surface area contributed by atoms with Crippen LogP contribution in [0.5, 0.6) is 0 Å². The van der Waals surface area contributed by atoms with Crippen LogP contribution in [0, 0.1) is 11.8 Å². The summed E-state index contributed by atoms with van der Waals surface area (Å²) in [5.74, 6) is -0.365. The van der Waals surface area contributed by atoms with Crippen LogP contribution in [0.15, 0.2) is 6.07 Å². The zero-order valence-corrected chi connectivity index (χ0v) is 12.3. The first kappa shape index (κ1) is 13.6. The van der Waals surface area contributed by atoms with E-state index in [2.05, 4.69) is 12.2 Å². The van der Waals surface area contributed by atoms with Gasteiger partial charge in [0, 0.05) is 10.9 Å². The minimum atomic E-state index is -0.754. The van der Waals surface area contributed by atoms with E-state index in [-0.39, 0.29) is 17.9 Å². The molecule has 0 spiro atoms. The lowest BCUT2D eigenvalue weighted by Crippen LogP contribution is -2.46. The summed E-state index contributed by atoms with van der Waals surface area (Å²) in [4.78, 5) is 25.0. The van der Waals surface area contributed by atoms with Crippen molar-refractivity contribution in [2.24, 2.45) is 11.8 Å². The van der Waals surface area contributed by atoms with Gasteiger partial charge in [0.15, 0.2) is 0 Å². The number of rotatable bonds is 3. The van der Waals surface area contributed by atoms with E-state index < -0.39 is 5.97 Å². The molecule has 1 heterocycles. The summed E-state index contributed by atoms with van der Waals surface area (Å²) in [6.45, 7) is 2.25. The molecule has 5 heteroatoms. The van der Waals surface area contributed by atoms with Gasteiger partial charge in [0.05, 0.1) is 10.8 Å². The summed E-state index contributed by atoms with van der Waals surface area (Å²) in [5, 5.41) is 11.8. The monoisotopic (exact) mass is 293 g/mol. The van der Waals surface area contributed by atoms with Gasteiger partial charge in [0.1, 0.15) is 0 Å². The molecule has 3 rings (SSSR count). The van der Waals surface area contributed by atoms with Crippen molar-refractivity contribution in [1.82, 2.24) is 5.32 Å². The Balaban J connectivity index is 1.60. The molecule has 2 aliphatic rings. The summed E-state index contributed by atoms with van der Waals surface area (Å²) < 4.78 is 0. The number of amides is 1. The number of nitrogens with one attached hydrogen (secondary N) is 1. The minimum Gasteiger partial charge on any atom is -0.481 e. The molecule has 2 N–H and O–H groups in total. The van der Waals surface area contributed by atoms with Gasteiger partial charge in [0.25, 0.3) is 5.91 Å². The molecule has 0 radical (unpaired) electrons. The van der Waals surface area contributed by atoms with Gasteiger partial charge in [-0.1, -0.05) is 6.92 Å². The standard InChI is InChI=1S/C15H19NO3S/c1-8-2-3-12-9(4-8)7-13(20-12)14(17)16-11-5-10(6-11)15(18)19/h7-8,10-11H,2-6H2,1H3,(H,16,17)(H,18,19). The number of carbonyl (C=O) groups excluding carboxylic acids is 1. The number of aliphatic carboxylic acids is 1. The van der Waals surface area contributed by atoms with E-state index >= 15 is 0 Å². The second-order valence-electron chi connectivity index (χ2n) is 6.08. The Kier molecular flexibility index (Phi) is 3.54. The maximum atomic E-state index is 12.2. The number of fused-ring (bicyclic) bond motifs is 1. The number of carboxylic acid groups (broad SMARTS) is 1. The second kappa shape index (κ2) is 5.20. The highest BCUT2D eigenvalue weighted by Gasteiger charge is 2.35. The van der Waals surface area contributed by atoms with Crippen LogP contribution in [-0.4, -0.2) is 23.0 Å². The number of hydrogen-bond acceptors (Lipinski definition) is 3. The molecule has 0 saturated heterocycles. The average Bonchev–Trinajstić information content (AvgIpc) is 2.75. The first-order valence-corrected chi connectivity index (χ1v) is 8.00. The smallest absolute Gasteiger partial charge is 0.306 e. The first-order chi connectivity index (χ1) is 9.52. The van der Waals surface area contributed by atoms with Gasteiger partial charge in [-0.25, -0.2) is 0 Å². The molecule has 1 fully saturated rings. The highest BCUT2D eigenvalue weighted by Crippen LogP contribution is 2.33. The third-order valence-electron chi connectivity index (χ3n) is 4.38. The van der Waals surface area contributed by atoms with Gasteiger partial charge in [0.2, 0.25) is 0 Å². The van der Waals surface area contributed by atoms with Gasteiger partial charge in [-0.15, -0.1) is 11.3 Å². The topological polar surface area (TPSA) is 66.4 Å². The fourth-order valence-corrected chi connectivity index (χ4v) is 4.12. The van der Waals surface area contributed by atoms with Gasteiger partial charge in [-0.3, -0.25) is 9.59 Å². The van der Waals surface area contributed by atoms with Crippen LogP contribution in [0.1, 0.15) is 46.3 Å². The fraction of sp³-hybridized carbons (Fsp3) is 0.600. The van der Waals surface area contributed by atoms with Crippen molar-refractivity contribution in [2.45, 2.75) is 45.1 Å². The lowest BCUT2D eigenvalue weighted by Gasteiger charge is -2.32. The summed E-state index contributed by atoms with van der Waals surface area (Å²) >= 11 is 1.60. The van der Waals surface area contributed by atoms with Crippen LogP contribution in [0.25, 0.3) is 0 Å². The molecule has 0 aliphatic heterocycles. The Bertz CT molecular complexity index is 545. The normalized spacial score (nSPS) is 28.4. The maximum absolute atomic E-state index is 12.2. The molecule has 1 amide bonds. The molecule has 1 unspecified atom stereocenters. The summed E-state index contributed by atoms with van der Waals surface area (Å²) in [6, 6.07) is 2.06. The third-order valence-corrected chi connectivity index (χ3v) is 5.61. The molecule has 0 bridgehead atoms. The van der Waals surface area contributed by atoms with E-state index in [0.29, 0.717) is 18.8 Å². The molecule has 108 valence electrons. The quantitative estimate of drug-likeness (QED) is 0.899. The Morgan fingerprint density at radius 2 is 2.15 bits per heavy atom. The van der Waals surface area contributed by atoms with Crippen molar-refractivity contribution in [1.29, 1.82) is 0 Å². The van der Waals surface area contributed by atoms with E-state index in [4.69, 9.17) is 5.11 Å².